The van der Waals surface area contributed by atoms with Gasteiger partial charge in [-0.1, -0.05) is 18.9 Å². The summed E-state index contributed by atoms with van der Waals surface area (Å²) in [6.07, 6.45) is 8.73. The van der Waals surface area contributed by atoms with Crippen molar-refractivity contribution in [3.05, 3.63) is 30.1 Å². The van der Waals surface area contributed by atoms with Crippen LogP contribution in [0, 0.1) is 0 Å². The van der Waals surface area contributed by atoms with E-state index >= 15 is 0 Å². The van der Waals surface area contributed by atoms with E-state index in [-0.39, 0.29) is 5.60 Å². The third-order valence-electron chi connectivity index (χ3n) is 3.83. The van der Waals surface area contributed by atoms with Gasteiger partial charge in [0.25, 0.3) is 0 Å². The molecule has 2 fully saturated rings. The number of pyridine rings is 1. The Balaban J connectivity index is 1.91. The fourth-order valence-corrected chi connectivity index (χ4v) is 3.10. The van der Waals surface area contributed by atoms with E-state index in [1.54, 1.807) is 0 Å². The zero-order valence-electron chi connectivity index (χ0n) is 9.48. The molecule has 0 aromatic carbocycles. The third-order valence-corrected chi connectivity index (χ3v) is 3.83. The third kappa shape index (κ3) is 1.64. The molecule has 3 nitrogen and oxygen atoms in total. The summed E-state index contributed by atoms with van der Waals surface area (Å²) in [6.45, 7) is 1.79. The van der Waals surface area contributed by atoms with Crippen LogP contribution in [-0.2, 0) is 4.74 Å². The Morgan fingerprint density at radius 3 is 3.00 bits per heavy atom. The number of aromatic nitrogens is 1. The molecule has 1 atom stereocenters. The summed E-state index contributed by atoms with van der Waals surface area (Å²) in [5.74, 6) is 0. The molecule has 86 valence electrons. The molecular weight excluding hydrogens is 200 g/mol. The Bertz CT molecular complexity index is 346. The minimum atomic E-state index is 0.0429. The lowest BCUT2D eigenvalue weighted by Gasteiger charge is -2.42. The first kappa shape index (κ1) is 10.2. The average Bonchev–Trinajstić information content (AvgIpc) is 2.80. The minimum Gasteiger partial charge on any atom is -0.372 e. The van der Waals surface area contributed by atoms with Gasteiger partial charge in [-0.3, -0.25) is 4.98 Å². The first-order valence-electron chi connectivity index (χ1n) is 6.18. The molecule has 1 spiro atoms. The highest BCUT2D eigenvalue weighted by Crippen LogP contribution is 2.44. The van der Waals surface area contributed by atoms with Crippen molar-refractivity contribution in [3.8, 4) is 0 Å². The van der Waals surface area contributed by atoms with Gasteiger partial charge in [0.2, 0.25) is 0 Å². The molecule has 16 heavy (non-hydrogen) atoms. The van der Waals surface area contributed by atoms with Gasteiger partial charge in [-0.05, 0) is 24.5 Å². The van der Waals surface area contributed by atoms with Gasteiger partial charge >= 0.3 is 0 Å². The molecule has 1 unspecified atom stereocenters. The molecule has 1 aromatic heterocycles. The van der Waals surface area contributed by atoms with E-state index in [4.69, 9.17) is 4.74 Å². The molecule has 3 rings (SSSR count). The van der Waals surface area contributed by atoms with Gasteiger partial charge in [-0.25, -0.2) is 0 Å². The second kappa shape index (κ2) is 4.15. The summed E-state index contributed by atoms with van der Waals surface area (Å²) in [5.41, 5.74) is 1.31. The van der Waals surface area contributed by atoms with E-state index < -0.39 is 0 Å². The highest BCUT2D eigenvalue weighted by atomic mass is 16.5. The highest BCUT2D eigenvalue weighted by Gasteiger charge is 2.44. The van der Waals surface area contributed by atoms with E-state index in [1.807, 2.05) is 18.5 Å². The predicted molar refractivity (Wildman–Crippen MR) is 62.1 cm³/mol. The Kier molecular flexibility index (Phi) is 2.65. The summed E-state index contributed by atoms with van der Waals surface area (Å²) >= 11 is 0. The number of nitrogens with zero attached hydrogens (tertiary/aromatic N) is 1. The molecule has 1 aromatic rings. The number of rotatable bonds is 1. The van der Waals surface area contributed by atoms with E-state index in [2.05, 4.69) is 16.4 Å². The summed E-state index contributed by atoms with van der Waals surface area (Å²) in [4.78, 5) is 4.22. The van der Waals surface area contributed by atoms with Crippen LogP contribution in [0.25, 0.3) is 0 Å². The zero-order valence-corrected chi connectivity index (χ0v) is 9.48. The number of hydrogen-bond donors (Lipinski definition) is 1. The Hall–Kier alpha value is -0.930. The van der Waals surface area contributed by atoms with Crippen molar-refractivity contribution in [2.45, 2.75) is 37.3 Å². The van der Waals surface area contributed by atoms with E-state index in [0.717, 1.165) is 13.2 Å². The highest BCUT2D eigenvalue weighted by molar-refractivity contribution is 5.20. The maximum Gasteiger partial charge on any atom is 0.0877 e. The Labute approximate surface area is 96.2 Å². The maximum absolute atomic E-state index is 6.10. The van der Waals surface area contributed by atoms with Crippen LogP contribution in [0.15, 0.2) is 24.5 Å². The van der Waals surface area contributed by atoms with Crippen molar-refractivity contribution in [2.24, 2.45) is 0 Å². The number of ether oxygens (including phenoxy) is 1. The van der Waals surface area contributed by atoms with Crippen molar-refractivity contribution in [3.63, 3.8) is 0 Å². The largest absolute Gasteiger partial charge is 0.372 e. The lowest BCUT2D eigenvalue weighted by Crippen LogP contribution is -2.50. The molecule has 0 bridgehead atoms. The fraction of sp³-hybridized carbons (Fsp3) is 0.615. The van der Waals surface area contributed by atoms with Crippen LogP contribution >= 0.6 is 0 Å². The normalized spacial score (nSPS) is 28.4. The standard InChI is InChI=1S/C13H18N2O/c1-2-6-13(5-1)12(15-8-9-16-13)11-4-3-7-14-10-11/h3-4,7,10,12,15H,1-2,5-6,8-9H2. The minimum absolute atomic E-state index is 0.0429. The van der Waals surface area contributed by atoms with Crippen LogP contribution < -0.4 is 5.32 Å². The molecule has 1 aliphatic heterocycles. The Morgan fingerprint density at radius 1 is 1.38 bits per heavy atom. The molecule has 1 aliphatic carbocycles. The van der Waals surface area contributed by atoms with Gasteiger partial charge < -0.3 is 10.1 Å². The number of nitrogens with one attached hydrogen (secondary N) is 1. The lowest BCUT2D eigenvalue weighted by molar-refractivity contribution is -0.0935. The van der Waals surface area contributed by atoms with Crippen LogP contribution in [0.4, 0.5) is 0 Å². The Morgan fingerprint density at radius 2 is 2.25 bits per heavy atom. The van der Waals surface area contributed by atoms with E-state index in [0.29, 0.717) is 6.04 Å². The van der Waals surface area contributed by atoms with Gasteiger partial charge in [0.15, 0.2) is 0 Å². The van der Waals surface area contributed by atoms with Gasteiger partial charge in [-0.15, -0.1) is 0 Å². The molecule has 3 heteroatoms. The van der Waals surface area contributed by atoms with E-state index in [9.17, 15) is 0 Å². The first-order chi connectivity index (χ1) is 7.91. The lowest BCUT2D eigenvalue weighted by atomic mass is 9.86. The summed E-state index contributed by atoms with van der Waals surface area (Å²) < 4.78 is 6.10. The zero-order chi connectivity index (χ0) is 10.8. The van der Waals surface area contributed by atoms with Gasteiger partial charge in [0, 0.05) is 18.9 Å². The smallest absolute Gasteiger partial charge is 0.0877 e. The van der Waals surface area contributed by atoms with Crippen LogP contribution in [-0.4, -0.2) is 23.7 Å². The van der Waals surface area contributed by atoms with Crippen molar-refractivity contribution < 1.29 is 4.74 Å². The quantitative estimate of drug-likeness (QED) is 0.783. The predicted octanol–water partition coefficient (Wildman–Crippen LogP) is 2.06. The SMILES string of the molecule is c1cncc(C2NCCOC23CCCC3)c1. The van der Waals surface area contributed by atoms with Crippen LogP contribution in [0.1, 0.15) is 37.3 Å². The van der Waals surface area contributed by atoms with Crippen molar-refractivity contribution in [1.29, 1.82) is 0 Å². The molecule has 1 saturated heterocycles. The van der Waals surface area contributed by atoms with Gasteiger partial charge in [0.05, 0.1) is 18.2 Å². The van der Waals surface area contributed by atoms with Gasteiger partial charge in [0.1, 0.15) is 0 Å². The summed E-state index contributed by atoms with van der Waals surface area (Å²) in [6, 6.07) is 4.49. The molecule has 1 saturated carbocycles. The van der Waals surface area contributed by atoms with Crippen molar-refractivity contribution >= 4 is 0 Å². The van der Waals surface area contributed by atoms with Crippen LogP contribution in [0.3, 0.4) is 0 Å². The number of hydrogen-bond acceptors (Lipinski definition) is 3. The van der Waals surface area contributed by atoms with Crippen LogP contribution in [0.2, 0.25) is 0 Å². The molecule has 0 radical (unpaired) electrons. The molecule has 1 N–H and O–H groups in total. The van der Waals surface area contributed by atoms with Gasteiger partial charge in [-0.2, -0.15) is 0 Å². The molecular formula is C13H18N2O. The maximum atomic E-state index is 6.10. The summed E-state index contributed by atoms with van der Waals surface area (Å²) in [7, 11) is 0. The van der Waals surface area contributed by atoms with Crippen molar-refractivity contribution in [2.75, 3.05) is 13.2 Å². The van der Waals surface area contributed by atoms with Crippen LogP contribution in [0.5, 0.6) is 0 Å². The van der Waals surface area contributed by atoms with Crippen molar-refractivity contribution in [1.82, 2.24) is 10.3 Å². The fourth-order valence-electron chi connectivity index (χ4n) is 3.10. The number of morpholine rings is 1. The average molecular weight is 218 g/mol. The second-order valence-electron chi connectivity index (χ2n) is 4.79. The topological polar surface area (TPSA) is 34.2 Å². The molecule has 0 amide bonds. The van der Waals surface area contributed by atoms with E-state index in [1.165, 1.54) is 31.2 Å². The second-order valence-corrected chi connectivity index (χ2v) is 4.79. The first-order valence-corrected chi connectivity index (χ1v) is 6.18. The molecule has 2 aliphatic rings. The monoisotopic (exact) mass is 218 g/mol. The summed E-state index contributed by atoms with van der Waals surface area (Å²) in [5, 5.41) is 3.60. The molecule has 2 heterocycles.